The molecular formula is C46H30N2S. The first kappa shape index (κ1) is 27.9. The second kappa shape index (κ2) is 11.2. The van der Waals surface area contributed by atoms with Gasteiger partial charge >= 0.3 is 0 Å². The lowest BCUT2D eigenvalue weighted by Gasteiger charge is -2.28. The van der Waals surface area contributed by atoms with Gasteiger partial charge in [0.05, 0.1) is 27.1 Å². The number of thiophene rings is 1. The first-order valence-electron chi connectivity index (χ1n) is 16.7. The van der Waals surface area contributed by atoms with Gasteiger partial charge in [-0.25, -0.2) is 0 Å². The van der Waals surface area contributed by atoms with E-state index in [1.165, 1.54) is 69.6 Å². The Morgan fingerprint density at radius 1 is 0.388 bits per heavy atom. The minimum atomic E-state index is 1.14. The largest absolute Gasteiger partial charge is 0.309 e. The SMILES string of the molecule is c1ccc(N(c2ccc(-c3ccc(-n4c5ccccc5c5ccccc54)cc3)c3ccccc23)c2cccc3c2sc2ccccc23)cc1. The van der Waals surface area contributed by atoms with Gasteiger partial charge in [0, 0.05) is 43.0 Å². The van der Waals surface area contributed by atoms with E-state index in [0.717, 1.165) is 17.1 Å². The molecule has 2 heterocycles. The molecule has 10 aromatic rings. The molecule has 0 aliphatic carbocycles. The highest BCUT2D eigenvalue weighted by atomic mass is 32.1. The van der Waals surface area contributed by atoms with Gasteiger partial charge in [0.15, 0.2) is 0 Å². The summed E-state index contributed by atoms with van der Waals surface area (Å²) in [5.74, 6) is 0. The molecule has 8 aromatic carbocycles. The van der Waals surface area contributed by atoms with Crippen LogP contribution in [0, 0.1) is 0 Å². The molecule has 230 valence electrons. The van der Waals surface area contributed by atoms with Crippen molar-refractivity contribution < 1.29 is 0 Å². The number of fused-ring (bicyclic) bond motifs is 7. The molecular weight excluding hydrogens is 613 g/mol. The van der Waals surface area contributed by atoms with Crippen molar-refractivity contribution in [1.29, 1.82) is 0 Å². The average Bonchev–Trinajstić information content (AvgIpc) is 3.72. The Kier molecular flexibility index (Phi) is 6.39. The van der Waals surface area contributed by atoms with Crippen LogP contribution in [0.25, 0.3) is 69.6 Å². The molecule has 0 amide bonds. The van der Waals surface area contributed by atoms with E-state index >= 15 is 0 Å². The number of aromatic nitrogens is 1. The Labute approximate surface area is 288 Å². The summed E-state index contributed by atoms with van der Waals surface area (Å²) in [6.07, 6.45) is 0. The molecule has 0 saturated carbocycles. The smallest absolute Gasteiger partial charge is 0.0640 e. The molecule has 2 aromatic heterocycles. The summed E-state index contributed by atoms with van der Waals surface area (Å²) >= 11 is 1.87. The fraction of sp³-hybridized carbons (Fsp3) is 0. The first-order valence-corrected chi connectivity index (χ1v) is 17.5. The van der Waals surface area contributed by atoms with Crippen molar-refractivity contribution in [2.24, 2.45) is 0 Å². The minimum Gasteiger partial charge on any atom is -0.309 e. The van der Waals surface area contributed by atoms with Crippen molar-refractivity contribution in [3.05, 3.63) is 182 Å². The zero-order chi connectivity index (χ0) is 32.3. The Morgan fingerprint density at radius 3 is 1.71 bits per heavy atom. The standard InChI is InChI=1S/C46H30N2S/c1-2-13-32(14-3-1)48(44-23-12-20-40-39-19-8-11-24-45(39)49-46(40)44)43-30-29-34(35-15-4-5-16-36(35)43)31-25-27-33(28-26-31)47-41-21-9-6-17-37(41)38-18-7-10-22-42(38)47/h1-30H. The summed E-state index contributed by atoms with van der Waals surface area (Å²) in [5, 5.41) is 7.60. The van der Waals surface area contributed by atoms with Crippen molar-refractivity contribution in [1.82, 2.24) is 4.57 Å². The molecule has 0 aliphatic heterocycles. The highest BCUT2D eigenvalue weighted by Gasteiger charge is 2.21. The van der Waals surface area contributed by atoms with Crippen LogP contribution in [0.4, 0.5) is 17.1 Å². The van der Waals surface area contributed by atoms with Gasteiger partial charge in [0.1, 0.15) is 0 Å². The lowest BCUT2D eigenvalue weighted by molar-refractivity contribution is 1.18. The summed E-state index contributed by atoms with van der Waals surface area (Å²) in [6, 6.07) is 66.1. The predicted molar refractivity (Wildman–Crippen MR) is 211 cm³/mol. The molecule has 0 aliphatic rings. The Hall–Kier alpha value is -6.16. The molecule has 10 rings (SSSR count). The van der Waals surface area contributed by atoms with Crippen LogP contribution in [0.2, 0.25) is 0 Å². The number of hydrogen-bond acceptors (Lipinski definition) is 2. The van der Waals surface area contributed by atoms with E-state index in [1.807, 2.05) is 11.3 Å². The fourth-order valence-electron chi connectivity index (χ4n) is 7.61. The third kappa shape index (κ3) is 4.40. The molecule has 2 nitrogen and oxygen atoms in total. The molecule has 0 fully saturated rings. The molecule has 0 saturated heterocycles. The molecule has 49 heavy (non-hydrogen) atoms. The monoisotopic (exact) mass is 642 g/mol. The zero-order valence-corrected chi connectivity index (χ0v) is 27.4. The van der Waals surface area contributed by atoms with Crippen LogP contribution >= 0.6 is 11.3 Å². The van der Waals surface area contributed by atoms with Crippen LogP contribution in [0.3, 0.4) is 0 Å². The van der Waals surface area contributed by atoms with E-state index in [9.17, 15) is 0 Å². The minimum absolute atomic E-state index is 1.14. The highest BCUT2D eigenvalue weighted by molar-refractivity contribution is 7.26. The van der Waals surface area contributed by atoms with Gasteiger partial charge in [0.25, 0.3) is 0 Å². The van der Waals surface area contributed by atoms with E-state index in [2.05, 4.69) is 191 Å². The van der Waals surface area contributed by atoms with Crippen LogP contribution in [-0.4, -0.2) is 4.57 Å². The maximum atomic E-state index is 2.44. The van der Waals surface area contributed by atoms with Crippen LogP contribution in [-0.2, 0) is 0 Å². The Bertz CT molecular complexity index is 2770. The summed E-state index contributed by atoms with van der Waals surface area (Å²) in [5.41, 5.74) is 9.53. The third-order valence-corrected chi connectivity index (χ3v) is 11.0. The predicted octanol–water partition coefficient (Wildman–Crippen LogP) is 13.4. The topological polar surface area (TPSA) is 8.17 Å². The van der Waals surface area contributed by atoms with Crippen LogP contribution in [0.5, 0.6) is 0 Å². The van der Waals surface area contributed by atoms with Crippen molar-refractivity contribution in [2.45, 2.75) is 0 Å². The third-order valence-electron chi connectivity index (χ3n) is 9.80. The van der Waals surface area contributed by atoms with E-state index in [0.29, 0.717) is 0 Å². The van der Waals surface area contributed by atoms with Gasteiger partial charge in [0.2, 0.25) is 0 Å². The second-order valence-electron chi connectivity index (χ2n) is 12.5. The molecule has 0 radical (unpaired) electrons. The van der Waals surface area contributed by atoms with Gasteiger partial charge in [-0.15, -0.1) is 11.3 Å². The average molecular weight is 643 g/mol. The summed E-state index contributed by atoms with van der Waals surface area (Å²) in [7, 11) is 0. The molecule has 0 unspecified atom stereocenters. The Morgan fingerprint density at radius 2 is 0.980 bits per heavy atom. The van der Waals surface area contributed by atoms with Gasteiger partial charge in [-0.1, -0.05) is 127 Å². The quantitative estimate of drug-likeness (QED) is 0.181. The zero-order valence-electron chi connectivity index (χ0n) is 26.6. The number of benzene rings is 8. The number of hydrogen-bond donors (Lipinski definition) is 0. The van der Waals surface area contributed by atoms with Crippen molar-refractivity contribution in [3.8, 4) is 16.8 Å². The van der Waals surface area contributed by atoms with E-state index in [-0.39, 0.29) is 0 Å². The normalized spacial score (nSPS) is 11.7. The van der Waals surface area contributed by atoms with Crippen molar-refractivity contribution in [3.63, 3.8) is 0 Å². The van der Waals surface area contributed by atoms with Crippen LogP contribution < -0.4 is 4.90 Å². The van der Waals surface area contributed by atoms with E-state index in [1.54, 1.807) is 0 Å². The number of para-hydroxylation sites is 3. The number of nitrogens with zero attached hydrogens (tertiary/aromatic N) is 2. The lowest BCUT2D eigenvalue weighted by Crippen LogP contribution is -2.10. The molecule has 0 N–H and O–H groups in total. The second-order valence-corrected chi connectivity index (χ2v) is 13.6. The van der Waals surface area contributed by atoms with Gasteiger partial charge < -0.3 is 9.47 Å². The van der Waals surface area contributed by atoms with Gasteiger partial charge in [-0.2, -0.15) is 0 Å². The van der Waals surface area contributed by atoms with Crippen LogP contribution in [0.1, 0.15) is 0 Å². The molecule has 3 heteroatoms. The van der Waals surface area contributed by atoms with Crippen LogP contribution in [0.15, 0.2) is 182 Å². The molecule has 0 spiro atoms. The van der Waals surface area contributed by atoms with E-state index in [4.69, 9.17) is 0 Å². The summed E-state index contributed by atoms with van der Waals surface area (Å²) < 4.78 is 4.98. The van der Waals surface area contributed by atoms with Gasteiger partial charge in [-0.05, 0) is 71.1 Å². The number of rotatable bonds is 5. The first-order chi connectivity index (χ1) is 24.3. The van der Waals surface area contributed by atoms with Crippen molar-refractivity contribution >= 4 is 81.1 Å². The number of anilines is 3. The van der Waals surface area contributed by atoms with Crippen molar-refractivity contribution in [2.75, 3.05) is 4.90 Å². The maximum Gasteiger partial charge on any atom is 0.0640 e. The summed E-state index contributed by atoms with van der Waals surface area (Å²) in [4.78, 5) is 2.44. The molecule has 0 atom stereocenters. The van der Waals surface area contributed by atoms with Gasteiger partial charge in [-0.3, -0.25) is 0 Å². The highest BCUT2D eigenvalue weighted by Crippen LogP contribution is 2.47. The maximum absolute atomic E-state index is 2.44. The molecule has 0 bridgehead atoms. The fourth-order valence-corrected chi connectivity index (χ4v) is 8.82. The lowest BCUT2D eigenvalue weighted by atomic mass is 9.96. The van der Waals surface area contributed by atoms with E-state index < -0.39 is 0 Å². The Balaban J connectivity index is 1.14. The summed E-state index contributed by atoms with van der Waals surface area (Å²) in [6.45, 7) is 0.